The summed E-state index contributed by atoms with van der Waals surface area (Å²) < 4.78 is 10.2. The summed E-state index contributed by atoms with van der Waals surface area (Å²) in [4.78, 5) is 11.7. The third-order valence-electron chi connectivity index (χ3n) is 2.72. The highest BCUT2D eigenvalue weighted by Crippen LogP contribution is 2.10. The third-order valence-corrected chi connectivity index (χ3v) is 2.72. The number of nitrogens with one attached hydrogen (secondary N) is 1. The molecule has 5 heteroatoms. The van der Waals surface area contributed by atoms with Gasteiger partial charge in [-0.05, 0) is 18.1 Å². The van der Waals surface area contributed by atoms with Crippen LogP contribution in [0.1, 0.15) is 18.1 Å². The Hall–Kier alpha value is -1.43. The van der Waals surface area contributed by atoms with Gasteiger partial charge in [-0.15, -0.1) is 0 Å². The van der Waals surface area contributed by atoms with E-state index in [2.05, 4.69) is 5.32 Å². The largest absolute Gasteiger partial charge is 0.383 e. The second-order valence-electron chi connectivity index (χ2n) is 4.19. The van der Waals surface area contributed by atoms with Crippen molar-refractivity contribution in [2.45, 2.75) is 26.1 Å². The summed E-state index contributed by atoms with van der Waals surface area (Å²) in [6, 6.07) is 7.22. The second-order valence-corrected chi connectivity index (χ2v) is 4.19. The van der Waals surface area contributed by atoms with Crippen LogP contribution < -0.4 is 11.1 Å². The summed E-state index contributed by atoms with van der Waals surface area (Å²) in [7, 11) is 1.52. The molecule has 0 aliphatic heterocycles. The highest BCUT2D eigenvalue weighted by Gasteiger charge is 2.12. The molecule has 0 bridgehead atoms. The van der Waals surface area contributed by atoms with Crippen molar-refractivity contribution < 1.29 is 14.3 Å². The SMILES string of the molecule is CCOCc1ccccc1CNC(=O)C(N)COC. The van der Waals surface area contributed by atoms with E-state index in [0.717, 1.165) is 11.1 Å². The van der Waals surface area contributed by atoms with Crippen LogP contribution in [-0.2, 0) is 27.4 Å². The fraction of sp³-hybridized carbons (Fsp3) is 0.500. The molecular formula is C14H22N2O3. The van der Waals surface area contributed by atoms with Crippen LogP contribution in [0.25, 0.3) is 0 Å². The molecule has 5 nitrogen and oxygen atoms in total. The van der Waals surface area contributed by atoms with Gasteiger partial charge in [-0.2, -0.15) is 0 Å². The first-order valence-electron chi connectivity index (χ1n) is 6.35. The molecule has 0 aliphatic carbocycles. The normalized spacial score (nSPS) is 12.2. The van der Waals surface area contributed by atoms with Crippen molar-refractivity contribution in [3.05, 3.63) is 35.4 Å². The van der Waals surface area contributed by atoms with Crippen LogP contribution in [-0.4, -0.2) is 32.3 Å². The summed E-state index contributed by atoms with van der Waals surface area (Å²) in [6.07, 6.45) is 0. The number of benzene rings is 1. The van der Waals surface area contributed by atoms with Crippen LogP contribution in [0.15, 0.2) is 24.3 Å². The summed E-state index contributed by atoms with van der Waals surface area (Å²) in [5.74, 6) is -0.215. The Balaban J connectivity index is 2.54. The van der Waals surface area contributed by atoms with Gasteiger partial charge >= 0.3 is 0 Å². The van der Waals surface area contributed by atoms with Gasteiger partial charge in [0.05, 0.1) is 13.2 Å². The number of carbonyl (C=O) groups is 1. The number of carbonyl (C=O) groups excluding carboxylic acids is 1. The summed E-state index contributed by atoms with van der Waals surface area (Å²) in [5, 5.41) is 2.80. The van der Waals surface area contributed by atoms with Crippen LogP contribution in [0, 0.1) is 0 Å². The molecule has 3 N–H and O–H groups in total. The zero-order valence-electron chi connectivity index (χ0n) is 11.5. The fourth-order valence-corrected chi connectivity index (χ4v) is 1.65. The van der Waals surface area contributed by atoms with Gasteiger partial charge < -0.3 is 20.5 Å². The molecule has 1 unspecified atom stereocenters. The average Bonchev–Trinajstić information content (AvgIpc) is 2.43. The molecule has 0 saturated carbocycles. The van der Waals surface area contributed by atoms with Gasteiger partial charge in [0.15, 0.2) is 0 Å². The van der Waals surface area contributed by atoms with Crippen molar-refractivity contribution in [1.82, 2.24) is 5.32 Å². The number of ether oxygens (including phenoxy) is 2. The van der Waals surface area contributed by atoms with Gasteiger partial charge in [-0.3, -0.25) is 4.79 Å². The molecule has 1 amide bonds. The van der Waals surface area contributed by atoms with Gasteiger partial charge in [0.1, 0.15) is 6.04 Å². The molecule has 0 aromatic heterocycles. The number of rotatable bonds is 8. The highest BCUT2D eigenvalue weighted by atomic mass is 16.5. The van der Waals surface area contributed by atoms with E-state index in [-0.39, 0.29) is 12.5 Å². The van der Waals surface area contributed by atoms with E-state index < -0.39 is 6.04 Å². The Bertz CT molecular complexity index is 396. The van der Waals surface area contributed by atoms with Crippen molar-refractivity contribution in [2.75, 3.05) is 20.3 Å². The van der Waals surface area contributed by atoms with E-state index in [1.807, 2.05) is 31.2 Å². The van der Waals surface area contributed by atoms with E-state index in [1.165, 1.54) is 7.11 Å². The Morgan fingerprint density at radius 3 is 2.68 bits per heavy atom. The standard InChI is InChI=1S/C14H22N2O3/c1-3-19-9-12-7-5-4-6-11(12)8-16-14(17)13(15)10-18-2/h4-7,13H,3,8-10,15H2,1-2H3,(H,16,17). The zero-order chi connectivity index (χ0) is 14.1. The number of nitrogens with two attached hydrogens (primary N) is 1. The maximum atomic E-state index is 11.7. The first-order chi connectivity index (χ1) is 9.19. The molecule has 0 saturated heterocycles. The lowest BCUT2D eigenvalue weighted by atomic mass is 10.1. The molecule has 0 radical (unpaired) electrons. The number of methoxy groups -OCH3 is 1. The predicted octanol–water partition coefficient (Wildman–Crippen LogP) is 0.813. The number of amides is 1. The number of hydrogen-bond acceptors (Lipinski definition) is 4. The highest BCUT2D eigenvalue weighted by molar-refractivity contribution is 5.81. The van der Waals surface area contributed by atoms with E-state index >= 15 is 0 Å². The molecule has 1 aromatic rings. The van der Waals surface area contributed by atoms with E-state index in [0.29, 0.717) is 19.8 Å². The van der Waals surface area contributed by atoms with Crippen LogP contribution >= 0.6 is 0 Å². The van der Waals surface area contributed by atoms with Gasteiger partial charge in [0, 0.05) is 20.3 Å². The van der Waals surface area contributed by atoms with Crippen LogP contribution in [0.4, 0.5) is 0 Å². The monoisotopic (exact) mass is 266 g/mol. The van der Waals surface area contributed by atoms with Gasteiger partial charge in [-0.1, -0.05) is 24.3 Å². The van der Waals surface area contributed by atoms with Gasteiger partial charge in [0.2, 0.25) is 5.91 Å². The lowest BCUT2D eigenvalue weighted by Gasteiger charge is -2.13. The Kier molecular flexibility index (Phi) is 7.10. The molecule has 19 heavy (non-hydrogen) atoms. The fourth-order valence-electron chi connectivity index (χ4n) is 1.65. The minimum atomic E-state index is -0.635. The molecule has 0 heterocycles. The van der Waals surface area contributed by atoms with Crippen molar-refractivity contribution in [3.63, 3.8) is 0 Å². The lowest BCUT2D eigenvalue weighted by molar-refractivity contribution is -0.123. The summed E-state index contributed by atoms with van der Waals surface area (Å²) in [6.45, 7) is 3.83. The topological polar surface area (TPSA) is 73.6 Å². The molecular weight excluding hydrogens is 244 g/mol. The van der Waals surface area contributed by atoms with Crippen LogP contribution in [0.5, 0.6) is 0 Å². The molecule has 0 fully saturated rings. The second kappa shape index (κ2) is 8.63. The molecule has 1 rings (SSSR count). The van der Waals surface area contributed by atoms with E-state index in [1.54, 1.807) is 0 Å². The Morgan fingerprint density at radius 1 is 1.37 bits per heavy atom. The van der Waals surface area contributed by atoms with Crippen molar-refractivity contribution in [3.8, 4) is 0 Å². The van der Waals surface area contributed by atoms with E-state index in [4.69, 9.17) is 15.2 Å². The quantitative estimate of drug-likeness (QED) is 0.730. The van der Waals surface area contributed by atoms with Crippen LogP contribution in [0.2, 0.25) is 0 Å². The van der Waals surface area contributed by atoms with Gasteiger partial charge in [0.25, 0.3) is 0 Å². The lowest BCUT2D eigenvalue weighted by Crippen LogP contribution is -2.43. The summed E-state index contributed by atoms with van der Waals surface area (Å²) in [5.41, 5.74) is 7.76. The van der Waals surface area contributed by atoms with Crippen molar-refractivity contribution in [2.24, 2.45) is 5.73 Å². The van der Waals surface area contributed by atoms with Gasteiger partial charge in [-0.25, -0.2) is 0 Å². The predicted molar refractivity (Wildman–Crippen MR) is 73.5 cm³/mol. The minimum Gasteiger partial charge on any atom is -0.383 e. The maximum absolute atomic E-state index is 11.7. The Morgan fingerprint density at radius 2 is 2.05 bits per heavy atom. The van der Waals surface area contributed by atoms with Crippen LogP contribution in [0.3, 0.4) is 0 Å². The molecule has 1 atom stereocenters. The minimum absolute atomic E-state index is 0.215. The first-order valence-corrected chi connectivity index (χ1v) is 6.35. The maximum Gasteiger partial charge on any atom is 0.239 e. The molecule has 106 valence electrons. The third kappa shape index (κ3) is 5.38. The zero-order valence-corrected chi connectivity index (χ0v) is 11.5. The number of hydrogen-bond donors (Lipinski definition) is 2. The molecule has 0 aliphatic rings. The molecule has 1 aromatic carbocycles. The summed E-state index contributed by atoms with van der Waals surface area (Å²) >= 11 is 0. The van der Waals surface area contributed by atoms with E-state index in [9.17, 15) is 4.79 Å². The van der Waals surface area contributed by atoms with Crippen molar-refractivity contribution in [1.29, 1.82) is 0 Å². The Labute approximate surface area is 114 Å². The average molecular weight is 266 g/mol. The molecule has 0 spiro atoms. The smallest absolute Gasteiger partial charge is 0.239 e. The first kappa shape index (κ1) is 15.6. The van der Waals surface area contributed by atoms with Crippen molar-refractivity contribution >= 4 is 5.91 Å².